The van der Waals surface area contributed by atoms with E-state index in [1.54, 1.807) is 0 Å². The van der Waals surface area contributed by atoms with E-state index in [1.807, 2.05) is 27.7 Å². The summed E-state index contributed by atoms with van der Waals surface area (Å²) in [5, 5.41) is 0. The molecule has 0 N–H and O–H groups in total. The van der Waals surface area contributed by atoms with E-state index in [9.17, 15) is 13.2 Å². The highest BCUT2D eigenvalue weighted by atomic mass is 32.2. The van der Waals surface area contributed by atoms with E-state index in [1.165, 1.54) is 16.9 Å². The van der Waals surface area contributed by atoms with Gasteiger partial charge in [-0.2, -0.15) is 4.31 Å². The number of nitrogens with zero attached hydrogens (tertiary/aromatic N) is 2. The predicted octanol–water partition coefficient (Wildman–Crippen LogP) is 2.23. The Labute approximate surface area is 130 Å². The molecule has 1 heterocycles. The van der Waals surface area contributed by atoms with Crippen LogP contribution in [0.15, 0.2) is 9.72 Å². The number of hydrogen-bond donors (Lipinski definition) is 0. The highest BCUT2D eigenvalue weighted by Crippen LogP contribution is 2.26. The van der Waals surface area contributed by atoms with Crippen molar-refractivity contribution in [3.8, 4) is 0 Å². The van der Waals surface area contributed by atoms with Crippen LogP contribution < -0.4 is 0 Å². The lowest BCUT2D eigenvalue weighted by atomic mass is 10.2. The number of ether oxygens (including phenoxy) is 1. The van der Waals surface area contributed by atoms with E-state index in [0.717, 1.165) is 11.3 Å². The van der Waals surface area contributed by atoms with Crippen molar-refractivity contribution in [3.63, 3.8) is 0 Å². The first kappa shape index (κ1) is 18.1. The van der Waals surface area contributed by atoms with Crippen LogP contribution in [0.5, 0.6) is 0 Å². The third kappa shape index (κ3) is 4.49. The third-order valence-corrected chi connectivity index (χ3v) is 5.80. The zero-order chi connectivity index (χ0) is 16.2. The molecule has 6 nitrogen and oxygen atoms in total. The molecule has 1 aromatic heterocycles. The summed E-state index contributed by atoms with van der Waals surface area (Å²) in [5.74, 6) is -0.357. The number of hydrogen-bond acceptors (Lipinski definition) is 6. The molecule has 0 spiro atoms. The molecule has 0 saturated carbocycles. The molecule has 21 heavy (non-hydrogen) atoms. The molecule has 0 unspecified atom stereocenters. The molecule has 0 amide bonds. The van der Waals surface area contributed by atoms with Crippen molar-refractivity contribution in [2.24, 2.45) is 11.8 Å². The summed E-state index contributed by atoms with van der Waals surface area (Å²) in [4.78, 5) is 15.5. The molecule has 8 heteroatoms. The Morgan fingerprint density at radius 2 is 1.81 bits per heavy atom. The van der Waals surface area contributed by atoms with Crippen LogP contribution in [0.2, 0.25) is 0 Å². The van der Waals surface area contributed by atoms with Crippen LogP contribution in [0, 0.1) is 11.8 Å². The second kappa shape index (κ2) is 7.33. The summed E-state index contributed by atoms with van der Waals surface area (Å²) in [6.07, 6.45) is 0. The Morgan fingerprint density at radius 3 is 2.24 bits per heavy atom. The number of esters is 1. The van der Waals surface area contributed by atoms with Gasteiger partial charge in [0.15, 0.2) is 9.90 Å². The molecular formula is C13H22N2O4S2. The highest BCUT2D eigenvalue weighted by Gasteiger charge is 2.32. The van der Waals surface area contributed by atoms with E-state index in [4.69, 9.17) is 0 Å². The maximum atomic E-state index is 12.8. The lowest BCUT2D eigenvalue weighted by Gasteiger charge is -2.25. The van der Waals surface area contributed by atoms with Gasteiger partial charge in [-0.05, 0) is 11.8 Å². The molecule has 0 radical (unpaired) electrons. The number of methoxy groups -OCH3 is 1. The molecular weight excluding hydrogens is 312 g/mol. The normalized spacial score (nSPS) is 12.4. The van der Waals surface area contributed by atoms with Crippen LogP contribution in [0.3, 0.4) is 0 Å². The van der Waals surface area contributed by atoms with Crippen LogP contribution >= 0.6 is 11.3 Å². The fraction of sp³-hybridized carbons (Fsp3) is 0.692. The quantitative estimate of drug-likeness (QED) is 0.715. The first-order chi connectivity index (χ1) is 9.70. The van der Waals surface area contributed by atoms with E-state index in [0.29, 0.717) is 13.1 Å². The molecule has 0 aliphatic carbocycles. The lowest BCUT2D eigenvalue weighted by Crippen LogP contribution is -2.37. The van der Waals surface area contributed by atoms with Gasteiger partial charge < -0.3 is 4.74 Å². The monoisotopic (exact) mass is 334 g/mol. The van der Waals surface area contributed by atoms with Crippen LogP contribution in [0.25, 0.3) is 0 Å². The van der Waals surface area contributed by atoms with Gasteiger partial charge in [-0.1, -0.05) is 27.7 Å². The Bertz CT molecular complexity index is 569. The van der Waals surface area contributed by atoms with Gasteiger partial charge in [0.2, 0.25) is 0 Å². The van der Waals surface area contributed by atoms with E-state index >= 15 is 0 Å². The van der Waals surface area contributed by atoms with Crippen LogP contribution in [-0.2, 0) is 14.8 Å². The summed E-state index contributed by atoms with van der Waals surface area (Å²) >= 11 is 0.941. The number of rotatable bonds is 7. The summed E-state index contributed by atoms with van der Waals surface area (Å²) in [7, 11) is -2.54. The highest BCUT2D eigenvalue weighted by molar-refractivity contribution is 7.91. The minimum absolute atomic E-state index is 0.0457. The van der Waals surface area contributed by atoms with Crippen LogP contribution in [-0.4, -0.2) is 43.9 Å². The fourth-order valence-electron chi connectivity index (χ4n) is 1.85. The minimum atomic E-state index is -3.75. The topological polar surface area (TPSA) is 76.6 Å². The largest absolute Gasteiger partial charge is 0.464 e. The second-order valence-electron chi connectivity index (χ2n) is 5.59. The van der Waals surface area contributed by atoms with Gasteiger partial charge in [-0.15, -0.1) is 11.3 Å². The van der Waals surface area contributed by atoms with Gasteiger partial charge in [0.25, 0.3) is 10.0 Å². The molecule has 1 rings (SSSR count). The van der Waals surface area contributed by atoms with Crippen molar-refractivity contribution in [1.82, 2.24) is 9.29 Å². The average Bonchev–Trinajstić information content (AvgIpc) is 2.85. The first-order valence-electron chi connectivity index (χ1n) is 6.72. The van der Waals surface area contributed by atoms with Gasteiger partial charge in [0, 0.05) is 13.1 Å². The summed E-state index contributed by atoms with van der Waals surface area (Å²) in [5.41, 5.74) is 1.21. The van der Waals surface area contributed by atoms with Crippen LogP contribution in [0.1, 0.15) is 38.2 Å². The van der Waals surface area contributed by atoms with Crippen LogP contribution in [0.4, 0.5) is 0 Å². The minimum Gasteiger partial charge on any atom is -0.464 e. The lowest BCUT2D eigenvalue weighted by molar-refractivity contribution is 0.0590. The SMILES string of the molecule is COC(=O)c1ncsc1S(=O)(=O)N(CC(C)C)CC(C)C. The Balaban J connectivity index is 3.22. The van der Waals surface area contributed by atoms with E-state index in [2.05, 4.69) is 9.72 Å². The zero-order valence-corrected chi connectivity index (χ0v) is 14.6. The standard InChI is InChI=1S/C13H22N2O4S2/c1-9(2)6-15(7-10(3)4)21(17,18)13-11(12(16)19-5)14-8-20-13/h8-10H,6-7H2,1-5H3. The smallest absolute Gasteiger partial charge is 0.358 e. The number of aromatic nitrogens is 1. The van der Waals surface area contributed by atoms with Gasteiger partial charge >= 0.3 is 5.97 Å². The van der Waals surface area contributed by atoms with Gasteiger partial charge in [-0.3, -0.25) is 0 Å². The first-order valence-corrected chi connectivity index (χ1v) is 9.04. The average molecular weight is 334 g/mol. The van der Waals surface area contributed by atoms with Crippen molar-refractivity contribution in [1.29, 1.82) is 0 Å². The molecule has 0 aromatic carbocycles. The van der Waals surface area contributed by atoms with E-state index in [-0.39, 0.29) is 21.7 Å². The van der Waals surface area contributed by atoms with Crippen molar-refractivity contribution < 1.29 is 17.9 Å². The molecule has 0 fully saturated rings. The number of thiazole rings is 1. The van der Waals surface area contributed by atoms with Crippen molar-refractivity contribution in [2.75, 3.05) is 20.2 Å². The molecule has 0 atom stereocenters. The molecule has 120 valence electrons. The summed E-state index contributed by atoms with van der Waals surface area (Å²) in [6, 6.07) is 0. The molecule has 0 saturated heterocycles. The third-order valence-electron chi connectivity index (χ3n) is 2.63. The number of carbonyl (C=O) groups excluding carboxylic acids is 1. The number of sulfonamides is 1. The summed E-state index contributed by atoms with van der Waals surface area (Å²) < 4.78 is 31.6. The molecule has 1 aromatic rings. The fourth-order valence-corrected chi connectivity index (χ4v) is 4.89. The maximum Gasteiger partial charge on any atom is 0.358 e. The van der Waals surface area contributed by atoms with Crippen molar-refractivity contribution in [3.05, 3.63) is 11.2 Å². The molecule has 0 aliphatic rings. The predicted molar refractivity (Wildman–Crippen MR) is 81.9 cm³/mol. The molecule has 0 bridgehead atoms. The summed E-state index contributed by atoms with van der Waals surface area (Å²) in [6.45, 7) is 8.62. The Hall–Kier alpha value is -0.990. The Morgan fingerprint density at radius 1 is 1.29 bits per heavy atom. The maximum absolute atomic E-state index is 12.8. The zero-order valence-electron chi connectivity index (χ0n) is 13.0. The van der Waals surface area contributed by atoms with Gasteiger partial charge in [-0.25, -0.2) is 18.2 Å². The van der Waals surface area contributed by atoms with Crippen molar-refractivity contribution in [2.45, 2.75) is 31.9 Å². The molecule has 0 aliphatic heterocycles. The Kier molecular flexibility index (Phi) is 6.30. The van der Waals surface area contributed by atoms with Gasteiger partial charge in [0.1, 0.15) is 0 Å². The van der Waals surface area contributed by atoms with Crippen molar-refractivity contribution >= 4 is 27.3 Å². The van der Waals surface area contributed by atoms with E-state index < -0.39 is 16.0 Å². The number of carbonyl (C=O) groups is 1. The van der Waals surface area contributed by atoms with Gasteiger partial charge in [0.05, 0.1) is 12.6 Å². The second-order valence-corrected chi connectivity index (χ2v) is 8.58.